The lowest BCUT2D eigenvalue weighted by molar-refractivity contribution is -0.333. The average Bonchev–Trinajstić information content (AvgIpc) is 3.32. The summed E-state index contributed by atoms with van der Waals surface area (Å²) in [6.45, 7) is 18.1. The van der Waals surface area contributed by atoms with E-state index in [1.54, 1.807) is 53.7 Å². The third-order valence-corrected chi connectivity index (χ3v) is 13.8. The van der Waals surface area contributed by atoms with E-state index in [0.717, 1.165) is 0 Å². The Hall–Kier alpha value is -3.89. The number of carbonyl (C=O) groups is 3. The maximum Gasteiger partial charge on any atom is 0.342 e. The van der Waals surface area contributed by atoms with Crippen molar-refractivity contribution in [3.05, 3.63) is 79.9 Å². The lowest BCUT2D eigenvalue weighted by atomic mass is 9.88. The van der Waals surface area contributed by atoms with Gasteiger partial charge in [-0.15, -0.1) is 0 Å². The maximum absolute atomic E-state index is 13.9. The zero-order chi connectivity index (χ0) is 54.1. The summed E-state index contributed by atoms with van der Waals surface area (Å²) in [4.78, 5) is 40.0. The SMILES string of the molecule is CCc1c(Cl)c(O)c(Cl)c(O)c1C(=O)O[C@H]1[C@H](O)[C@H](OC)C(OCC2=CC=CC[C@H](O)C(C)=C[C@H](CC)[C@@H](O[C@@H]3OC(C)(C)[C@@H](OC(=O)C(C)C)[C@H](O)[C@@H]3O)C(C)=CC(C)=CC[C@@H]([C@H](C)O)OC2=O)O[C@@H]1C. The molecule has 0 aromatic heterocycles. The summed E-state index contributed by atoms with van der Waals surface area (Å²) in [6.07, 6.45) is -5.45. The van der Waals surface area contributed by atoms with Gasteiger partial charge < -0.3 is 73.6 Å². The van der Waals surface area contributed by atoms with Crippen molar-refractivity contribution >= 4 is 41.1 Å². The van der Waals surface area contributed by atoms with Crippen LogP contribution in [0.1, 0.15) is 111 Å². The van der Waals surface area contributed by atoms with Crippen LogP contribution in [-0.2, 0) is 53.9 Å². The average molecular weight is 1060 g/mol. The van der Waals surface area contributed by atoms with Gasteiger partial charge in [-0.1, -0.05) is 86.9 Å². The van der Waals surface area contributed by atoms with Crippen LogP contribution in [0, 0.1) is 11.8 Å². The first-order valence-electron chi connectivity index (χ1n) is 24.2. The summed E-state index contributed by atoms with van der Waals surface area (Å²) in [7, 11) is 1.26. The first kappa shape index (κ1) is 60.7. The second-order valence-corrected chi connectivity index (χ2v) is 20.1. The van der Waals surface area contributed by atoms with E-state index < -0.39 is 144 Å². The molecule has 2 fully saturated rings. The molecule has 3 aliphatic heterocycles. The van der Waals surface area contributed by atoms with Gasteiger partial charge in [0.2, 0.25) is 0 Å². The molecule has 0 spiro atoms. The van der Waals surface area contributed by atoms with Gasteiger partial charge >= 0.3 is 17.9 Å². The number of methoxy groups -OCH3 is 1. The predicted molar refractivity (Wildman–Crippen MR) is 265 cm³/mol. The van der Waals surface area contributed by atoms with Gasteiger partial charge in [0.05, 0.1) is 47.5 Å². The molecular formula is C52H74Cl2O18. The van der Waals surface area contributed by atoms with Crippen molar-refractivity contribution in [2.24, 2.45) is 11.8 Å². The third-order valence-electron chi connectivity index (χ3n) is 13.0. The summed E-state index contributed by atoms with van der Waals surface area (Å²) in [5.41, 5.74) is 0.318. The molecule has 0 radical (unpaired) electrons. The highest BCUT2D eigenvalue weighted by Crippen LogP contribution is 2.45. The second kappa shape index (κ2) is 26.5. The Kier molecular flexibility index (Phi) is 22.4. The van der Waals surface area contributed by atoms with Crippen LogP contribution in [0.15, 0.2) is 58.7 Å². The van der Waals surface area contributed by atoms with Crippen molar-refractivity contribution in [3.63, 3.8) is 0 Å². The van der Waals surface area contributed by atoms with Crippen LogP contribution in [0.25, 0.3) is 0 Å². The molecule has 1 unspecified atom stereocenters. The lowest BCUT2D eigenvalue weighted by Gasteiger charge is -2.47. The molecule has 4 rings (SSSR count). The fourth-order valence-electron chi connectivity index (χ4n) is 8.60. The number of esters is 3. The minimum atomic E-state index is -1.61. The molecule has 7 N–H and O–H groups in total. The molecule has 14 atom stereocenters. The van der Waals surface area contributed by atoms with Gasteiger partial charge in [-0.05, 0) is 90.5 Å². The summed E-state index contributed by atoms with van der Waals surface area (Å²) in [5, 5.41) is 76.5. The molecule has 3 aliphatic rings. The summed E-state index contributed by atoms with van der Waals surface area (Å²) in [5.74, 6) is -4.78. The molecule has 0 bridgehead atoms. The van der Waals surface area contributed by atoms with Crippen LogP contribution in [0.4, 0.5) is 0 Å². The number of aromatic hydroxyl groups is 2. The highest BCUT2D eigenvalue weighted by molar-refractivity contribution is 6.39. The van der Waals surface area contributed by atoms with Crippen molar-refractivity contribution in [3.8, 4) is 11.5 Å². The van der Waals surface area contributed by atoms with Crippen LogP contribution in [0.5, 0.6) is 11.5 Å². The van der Waals surface area contributed by atoms with E-state index in [1.807, 2.05) is 32.9 Å². The fraction of sp³-hybridized carbons (Fsp3) is 0.635. The molecular weight excluding hydrogens is 983 g/mol. The molecule has 1 aromatic carbocycles. The smallest absolute Gasteiger partial charge is 0.342 e. The largest absolute Gasteiger partial charge is 0.505 e. The number of carbonyl (C=O) groups excluding carboxylic acids is 3. The molecule has 404 valence electrons. The quantitative estimate of drug-likeness (QED) is 0.0655. The minimum Gasteiger partial charge on any atom is -0.505 e. The van der Waals surface area contributed by atoms with E-state index in [9.17, 15) is 50.1 Å². The van der Waals surface area contributed by atoms with E-state index in [-0.39, 0.29) is 35.4 Å². The highest BCUT2D eigenvalue weighted by Gasteiger charge is 2.53. The minimum absolute atomic E-state index is 0.0372. The van der Waals surface area contributed by atoms with Crippen LogP contribution >= 0.6 is 23.2 Å². The normalized spacial score (nSPS) is 31.5. The highest BCUT2D eigenvalue weighted by atomic mass is 35.5. The number of allylic oxidation sites excluding steroid dienone is 4. The Bertz CT molecular complexity index is 2220. The first-order chi connectivity index (χ1) is 33.7. The van der Waals surface area contributed by atoms with Crippen molar-refractivity contribution < 1.29 is 88.0 Å². The van der Waals surface area contributed by atoms with Crippen LogP contribution in [0.2, 0.25) is 10.0 Å². The Morgan fingerprint density at radius 1 is 0.903 bits per heavy atom. The van der Waals surface area contributed by atoms with Gasteiger partial charge in [-0.3, -0.25) is 4.79 Å². The monoisotopic (exact) mass is 1060 g/mol. The molecule has 3 heterocycles. The number of hydrogen-bond acceptors (Lipinski definition) is 18. The number of phenols is 2. The number of aliphatic hydroxyl groups is 5. The Labute approximate surface area is 431 Å². The zero-order valence-electron chi connectivity index (χ0n) is 43.0. The fourth-order valence-corrected chi connectivity index (χ4v) is 9.16. The number of hydrogen-bond donors (Lipinski definition) is 7. The maximum atomic E-state index is 13.9. The van der Waals surface area contributed by atoms with Gasteiger partial charge in [0.1, 0.15) is 46.7 Å². The number of halogens is 2. The van der Waals surface area contributed by atoms with Crippen molar-refractivity contribution in [1.82, 2.24) is 0 Å². The molecule has 20 heteroatoms. The number of aliphatic hydroxyl groups excluding tert-OH is 5. The van der Waals surface area contributed by atoms with Gasteiger partial charge in [0.15, 0.2) is 36.3 Å². The number of benzene rings is 1. The number of ether oxygens (including phenoxy) is 8. The summed E-state index contributed by atoms with van der Waals surface area (Å²) >= 11 is 12.3. The number of phenolic OH excluding ortho intramolecular Hbond substituents is 2. The van der Waals surface area contributed by atoms with E-state index in [1.165, 1.54) is 33.1 Å². The van der Waals surface area contributed by atoms with Gasteiger partial charge in [-0.25, -0.2) is 9.59 Å². The van der Waals surface area contributed by atoms with Gasteiger partial charge in [0, 0.05) is 19.4 Å². The third kappa shape index (κ3) is 14.7. The second-order valence-electron chi connectivity index (χ2n) is 19.4. The van der Waals surface area contributed by atoms with E-state index in [0.29, 0.717) is 23.1 Å². The number of rotatable bonds is 13. The molecule has 0 saturated carbocycles. The topological polar surface area (TPSA) is 267 Å². The van der Waals surface area contributed by atoms with E-state index in [4.69, 9.17) is 61.1 Å². The van der Waals surface area contributed by atoms with E-state index in [2.05, 4.69) is 0 Å². The van der Waals surface area contributed by atoms with Crippen molar-refractivity contribution in [2.45, 2.75) is 187 Å². The van der Waals surface area contributed by atoms with Crippen molar-refractivity contribution in [2.75, 3.05) is 13.7 Å². The Morgan fingerprint density at radius 3 is 2.17 bits per heavy atom. The standard InChI is InChI=1S/C52H74Cl2O18/c1-13-30-22-26(6)33(56)18-16-15-17-31(23-66-51-45(65-12)42(61)44(29(9)67-51)69-49(64)35-32(14-2)36(53)39(58)37(54)38(35)57)48(63)68-34(28(8)55)20-19-25(5)21-27(7)43(30)70-50-41(60)40(59)46(52(10,11)72-50)71-47(62)24(3)4/h15-17,19,21-22,24,28-30,33-34,40-46,50-51,55-61H,13-14,18,20,23H2,1-12H3/t28-,29+,30-,33-,34-,40+,41-,42-,43-,44+,45-,46-,50+,51?/m0/s1. The number of cyclic esters (lactones) is 1. The molecule has 0 aliphatic carbocycles. The van der Waals surface area contributed by atoms with Crippen LogP contribution < -0.4 is 0 Å². The van der Waals surface area contributed by atoms with E-state index >= 15 is 0 Å². The van der Waals surface area contributed by atoms with Crippen LogP contribution in [0.3, 0.4) is 0 Å². The zero-order valence-corrected chi connectivity index (χ0v) is 44.5. The Morgan fingerprint density at radius 2 is 1.57 bits per heavy atom. The van der Waals surface area contributed by atoms with Crippen molar-refractivity contribution in [1.29, 1.82) is 0 Å². The molecule has 1 aromatic rings. The molecule has 72 heavy (non-hydrogen) atoms. The van der Waals surface area contributed by atoms with Gasteiger partial charge in [0.25, 0.3) is 0 Å². The predicted octanol–water partition coefficient (Wildman–Crippen LogP) is 6.23. The lowest BCUT2D eigenvalue weighted by Crippen LogP contribution is -2.64. The Balaban J connectivity index is 1.61. The molecule has 2 saturated heterocycles. The van der Waals surface area contributed by atoms with Gasteiger partial charge in [-0.2, -0.15) is 0 Å². The van der Waals surface area contributed by atoms with Crippen LogP contribution in [-0.4, -0.2) is 153 Å². The molecule has 0 amide bonds. The summed E-state index contributed by atoms with van der Waals surface area (Å²) < 4.78 is 47.5. The first-order valence-corrected chi connectivity index (χ1v) is 24.9. The summed E-state index contributed by atoms with van der Waals surface area (Å²) in [6, 6.07) is 0. The molecule has 18 nitrogen and oxygen atoms in total.